The molecule has 1 heterocycles. The average Bonchev–Trinajstić information content (AvgIpc) is 2.36. The Kier molecular flexibility index (Phi) is 4.45. The summed E-state index contributed by atoms with van der Waals surface area (Å²) >= 11 is 12.1. The van der Waals surface area contributed by atoms with Crippen LogP contribution in [0.1, 0.15) is 25.3 Å². The largest absolute Gasteiger partial charge is 0.244 e. The van der Waals surface area contributed by atoms with Gasteiger partial charge in [0.2, 0.25) is 10.0 Å². The molecule has 0 saturated carbocycles. The van der Waals surface area contributed by atoms with E-state index in [1.54, 1.807) is 13.0 Å². The van der Waals surface area contributed by atoms with E-state index >= 15 is 0 Å². The van der Waals surface area contributed by atoms with E-state index in [2.05, 4.69) is 6.92 Å². The number of nitrogens with zero attached hydrogens (tertiary/aromatic N) is 1. The highest BCUT2D eigenvalue weighted by atomic mass is 35.5. The van der Waals surface area contributed by atoms with Crippen molar-refractivity contribution in [1.29, 1.82) is 0 Å². The van der Waals surface area contributed by atoms with Gasteiger partial charge in [-0.1, -0.05) is 30.1 Å². The zero-order chi connectivity index (χ0) is 14.2. The Morgan fingerprint density at radius 1 is 1.32 bits per heavy atom. The van der Waals surface area contributed by atoms with Gasteiger partial charge in [0.1, 0.15) is 4.90 Å². The van der Waals surface area contributed by atoms with Gasteiger partial charge in [0.25, 0.3) is 0 Å². The lowest BCUT2D eigenvalue weighted by Crippen LogP contribution is -2.39. The fraction of sp³-hybridized carbons (Fsp3) is 0.538. The second kappa shape index (κ2) is 5.60. The van der Waals surface area contributed by atoms with Crippen LogP contribution in [0, 0.1) is 12.8 Å². The minimum atomic E-state index is -3.52. The Morgan fingerprint density at radius 2 is 2.00 bits per heavy atom. The summed E-state index contributed by atoms with van der Waals surface area (Å²) in [6.45, 7) is 4.91. The van der Waals surface area contributed by atoms with Crippen LogP contribution < -0.4 is 0 Å². The minimum absolute atomic E-state index is 0.158. The van der Waals surface area contributed by atoms with Gasteiger partial charge in [-0.25, -0.2) is 8.42 Å². The molecule has 1 aromatic rings. The molecule has 3 nitrogen and oxygen atoms in total. The molecule has 2 rings (SSSR count). The van der Waals surface area contributed by atoms with Crippen molar-refractivity contribution in [2.24, 2.45) is 5.92 Å². The number of hydrogen-bond acceptors (Lipinski definition) is 2. The second-order valence-electron chi connectivity index (χ2n) is 5.09. The van der Waals surface area contributed by atoms with E-state index in [-0.39, 0.29) is 9.92 Å². The molecule has 19 heavy (non-hydrogen) atoms. The van der Waals surface area contributed by atoms with Crippen molar-refractivity contribution in [2.45, 2.75) is 31.6 Å². The highest BCUT2D eigenvalue weighted by molar-refractivity contribution is 7.89. The summed E-state index contributed by atoms with van der Waals surface area (Å²) in [5.41, 5.74) is 0.606. The summed E-state index contributed by atoms with van der Waals surface area (Å²) in [6.07, 6.45) is 1.96. The molecule has 6 heteroatoms. The van der Waals surface area contributed by atoms with Crippen molar-refractivity contribution in [3.63, 3.8) is 0 Å². The van der Waals surface area contributed by atoms with Crippen molar-refractivity contribution >= 4 is 33.2 Å². The zero-order valence-electron chi connectivity index (χ0n) is 11.0. The van der Waals surface area contributed by atoms with Crippen LogP contribution in [-0.2, 0) is 10.0 Å². The lowest BCUT2D eigenvalue weighted by molar-refractivity contribution is 0.281. The maximum atomic E-state index is 12.6. The molecule has 0 N–H and O–H groups in total. The van der Waals surface area contributed by atoms with E-state index in [0.29, 0.717) is 29.6 Å². The van der Waals surface area contributed by atoms with Crippen molar-refractivity contribution in [3.8, 4) is 0 Å². The Bertz CT molecular complexity index is 587. The number of rotatable bonds is 2. The molecule has 1 atom stereocenters. The third-order valence-corrected chi connectivity index (χ3v) is 6.44. The smallest absolute Gasteiger partial charge is 0.207 e. The Labute approximate surface area is 124 Å². The van der Waals surface area contributed by atoms with Gasteiger partial charge >= 0.3 is 0 Å². The van der Waals surface area contributed by atoms with Crippen molar-refractivity contribution in [2.75, 3.05) is 13.1 Å². The Balaban J connectivity index is 2.42. The molecule has 0 spiro atoms. The molecular weight excluding hydrogens is 305 g/mol. The highest BCUT2D eigenvalue weighted by Crippen LogP contribution is 2.33. The third kappa shape index (κ3) is 2.92. The molecule has 1 aromatic carbocycles. The van der Waals surface area contributed by atoms with Crippen LogP contribution in [0.15, 0.2) is 17.0 Å². The predicted molar refractivity (Wildman–Crippen MR) is 78.4 cm³/mol. The third-order valence-electron chi connectivity index (χ3n) is 3.52. The molecule has 1 aliphatic rings. The van der Waals surface area contributed by atoms with Crippen LogP contribution in [0.2, 0.25) is 10.0 Å². The van der Waals surface area contributed by atoms with E-state index in [0.717, 1.165) is 12.8 Å². The van der Waals surface area contributed by atoms with Crippen LogP contribution in [0.25, 0.3) is 0 Å². The van der Waals surface area contributed by atoms with Crippen LogP contribution in [0.5, 0.6) is 0 Å². The molecule has 1 aliphatic heterocycles. The number of hydrogen-bond donors (Lipinski definition) is 0. The molecule has 0 amide bonds. The normalized spacial score (nSPS) is 21.6. The van der Waals surface area contributed by atoms with Crippen LogP contribution >= 0.6 is 23.2 Å². The first-order valence-electron chi connectivity index (χ1n) is 6.28. The molecular formula is C13H17Cl2NO2S. The first-order chi connectivity index (χ1) is 8.84. The molecule has 0 unspecified atom stereocenters. The summed E-state index contributed by atoms with van der Waals surface area (Å²) in [5, 5.41) is 0.710. The van der Waals surface area contributed by atoms with Gasteiger partial charge < -0.3 is 0 Å². The van der Waals surface area contributed by atoms with Gasteiger partial charge in [-0.05, 0) is 43.4 Å². The first kappa shape index (κ1) is 15.1. The number of halogens is 2. The highest BCUT2D eigenvalue weighted by Gasteiger charge is 2.30. The molecule has 1 fully saturated rings. The summed E-state index contributed by atoms with van der Waals surface area (Å²) in [6, 6.07) is 3.08. The van der Waals surface area contributed by atoms with E-state index in [1.165, 1.54) is 10.4 Å². The van der Waals surface area contributed by atoms with Gasteiger partial charge in [0, 0.05) is 18.1 Å². The Hall–Kier alpha value is -0.290. The van der Waals surface area contributed by atoms with Gasteiger partial charge in [0.15, 0.2) is 0 Å². The van der Waals surface area contributed by atoms with E-state index in [9.17, 15) is 8.42 Å². The van der Waals surface area contributed by atoms with Crippen molar-refractivity contribution in [1.82, 2.24) is 4.31 Å². The second-order valence-corrected chi connectivity index (χ2v) is 7.79. The van der Waals surface area contributed by atoms with Crippen LogP contribution in [-0.4, -0.2) is 25.8 Å². The number of sulfonamides is 1. The van der Waals surface area contributed by atoms with Gasteiger partial charge in [0.05, 0.1) is 5.02 Å². The SMILES string of the molecule is Cc1c(Cl)ccc(S(=O)(=O)N2CCC[C@@H](C)C2)c1Cl. The van der Waals surface area contributed by atoms with Gasteiger partial charge in [-0.2, -0.15) is 4.31 Å². The summed E-state index contributed by atoms with van der Waals surface area (Å²) in [4.78, 5) is 0.158. The molecule has 0 bridgehead atoms. The predicted octanol–water partition coefficient (Wildman–Crippen LogP) is 3.72. The lowest BCUT2D eigenvalue weighted by atomic mass is 10.0. The number of piperidine rings is 1. The van der Waals surface area contributed by atoms with Crippen LogP contribution in [0.3, 0.4) is 0 Å². The fourth-order valence-corrected chi connectivity index (χ4v) is 4.72. The topological polar surface area (TPSA) is 37.4 Å². The molecule has 0 aromatic heterocycles. The van der Waals surface area contributed by atoms with E-state index in [4.69, 9.17) is 23.2 Å². The molecule has 0 aliphatic carbocycles. The van der Waals surface area contributed by atoms with Gasteiger partial charge in [-0.3, -0.25) is 0 Å². The van der Waals surface area contributed by atoms with E-state index in [1.807, 2.05) is 0 Å². The Morgan fingerprint density at radius 3 is 2.63 bits per heavy atom. The summed E-state index contributed by atoms with van der Waals surface area (Å²) in [5.74, 6) is 0.385. The van der Waals surface area contributed by atoms with Crippen LogP contribution in [0.4, 0.5) is 0 Å². The van der Waals surface area contributed by atoms with Crippen molar-refractivity contribution < 1.29 is 8.42 Å². The van der Waals surface area contributed by atoms with Gasteiger partial charge in [-0.15, -0.1) is 0 Å². The summed E-state index contributed by atoms with van der Waals surface area (Å²) in [7, 11) is -3.52. The number of benzene rings is 1. The fourth-order valence-electron chi connectivity index (χ4n) is 2.34. The first-order valence-corrected chi connectivity index (χ1v) is 8.48. The zero-order valence-corrected chi connectivity index (χ0v) is 13.3. The maximum absolute atomic E-state index is 12.6. The quantitative estimate of drug-likeness (QED) is 0.832. The average molecular weight is 322 g/mol. The van der Waals surface area contributed by atoms with Crippen molar-refractivity contribution in [3.05, 3.63) is 27.7 Å². The molecule has 1 saturated heterocycles. The molecule has 106 valence electrons. The van der Waals surface area contributed by atoms with E-state index < -0.39 is 10.0 Å². The standard InChI is InChI=1S/C13H17Cl2NO2S/c1-9-4-3-7-16(8-9)19(17,18)12-6-5-11(14)10(2)13(12)15/h5-6,9H,3-4,7-8H2,1-2H3/t9-/m1/s1. The monoisotopic (exact) mass is 321 g/mol. The lowest BCUT2D eigenvalue weighted by Gasteiger charge is -2.30. The summed E-state index contributed by atoms with van der Waals surface area (Å²) < 4.78 is 26.8. The minimum Gasteiger partial charge on any atom is -0.207 e. The molecule has 0 radical (unpaired) electrons. The maximum Gasteiger partial charge on any atom is 0.244 e.